The number of amides is 1. The van der Waals surface area contributed by atoms with Crippen LogP contribution in [0.3, 0.4) is 0 Å². The Morgan fingerprint density at radius 2 is 2.00 bits per heavy atom. The van der Waals surface area contributed by atoms with Crippen LogP contribution in [0.15, 0.2) is 41.3 Å². The summed E-state index contributed by atoms with van der Waals surface area (Å²) in [5, 5.41) is 8.53. The molecule has 0 radical (unpaired) electrons. The molecule has 24 heavy (non-hydrogen) atoms. The molecule has 3 aromatic rings. The lowest BCUT2D eigenvalue weighted by molar-refractivity contribution is 0.0949. The highest BCUT2D eigenvalue weighted by molar-refractivity contribution is 6.06. The summed E-state index contributed by atoms with van der Waals surface area (Å²) in [6.45, 7) is 6.40. The average Bonchev–Trinajstić information content (AvgIpc) is 2.91. The molecule has 2 aromatic heterocycles. The molecule has 0 aliphatic carbocycles. The molecule has 2 heterocycles. The second kappa shape index (κ2) is 6.31. The van der Waals surface area contributed by atoms with Crippen LogP contribution in [0.25, 0.3) is 10.8 Å². The third-order valence-corrected chi connectivity index (χ3v) is 4.07. The highest BCUT2D eigenvalue weighted by Crippen LogP contribution is 2.15. The van der Waals surface area contributed by atoms with Crippen molar-refractivity contribution in [1.29, 1.82) is 0 Å². The first-order valence-electron chi connectivity index (χ1n) is 7.88. The molecule has 0 saturated carbocycles. The fraction of sp³-hybridized carbons (Fsp3) is 0.278. The molecule has 0 saturated heterocycles. The monoisotopic (exact) mass is 324 g/mol. The molecule has 2 N–H and O–H groups in total. The Bertz CT molecular complexity index is 955. The molecule has 1 amide bonds. The molecule has 0 spiro atoms. The van der Waals surface area contributed by atoms with E-state index in [-0.39, 0.29) is 17.5 Å². The number of aromatic nitrogens is 3. The normalized spacial score (nSPS) is 12.3. The van der Waals surface area contributed by atoms with Gasteiger partial charge in [-0.05, 0) is 32.9 Å². The van der Waals surface area contributed by atoms with Crippen molar-refractivity contribution in [2.24, 2.45) is 0 Å². The van der Waals surface area contributed by atoms with E-state index in [2.05, 4.69) is 15.4 Å². The van der Waals surface area contributed by atoms with Gasteiger partial charge in [0.1, 0.15) is 0 Å². The molecule has 6 nitrogen and oxygen atoms in total. The van der Waals surface area contributed by atoms with Crippen molar-refractivity contribution in [2.45, 2.75) is 26.8 Å². The first-order valence-corrected chi connectivity index (χ1v) is 7.88. The minimum Gasteiger partial charge on any atom is -0.350 e. The molecular formula is C18H20N4O2. The molecule has 6 heteroatoms. The van der Waals surface area contributed by atoms with Crippen molar-refractivity contribution in [1.82, 2.24) is 20.1 Å². The summed E-state index contributed by atoms with van der Waals surface area (Å²) in [6, 6.07) is 9.14. The van der Waals surface area contributed by atoms with E-state index in [1.165, 1.54) is 6.20 Å². The Morgan fingerprint density at radius 3 is 2.67 bits per heavy atom. The number of aromatic amines is 1. The van der Waals surface area contributed by atoms with Crippen molar-refractivity contribution in [3.8, 4) is 0 Å². The molecule has 0 aliphatic rings. The van der Waals surface area contributed by atoms with Crippen LogP contribution in [0.2, 0.25) is 0 Å². The quantitative estimate of drug-likeness (QED) is 0.773. The van der Waals surface area contributed by atoms with Gasteiger partial charge in [0.05, 0.1) is 17.3 Å². The van der Waals surface area contributed by atoms with Crippen LogP contribution >= 0.6 is 0 Å². The number of carbonyl (C=O) groups is 1. The number of carbonyl (C=O) groups excluding carboxylic acids is 1. The van der Waals surface area contributed by atoms with Gasteiger partial charge in [-0.2, -0.15) is 5.10 Å². The summed E-state index contributed by atoms with van der Waals surface area (Å²) in [5.74, 6) is -0.212. The van der Waals surface area contributed by atoms with E-state index in [1.54, 1.807) is 18.2 Å². The molecule has 3 rings (SSSR count). The van der Waals surface area contributed by atoms with E-state index in [9.17, 15) is 9.59 Å². The maximum atomic E-state index is 12.5. The van der Waals surface area contributed by atoms with E-state index < -0.39 is 0 Å². The largest absolute Gasteiger partial charge is 0.350 e. The standard InChI is InChI=1S/C18H20N4O2/c1-11-8-12(2)22(21-11)13(3)9-19-18(24)16-10-20-17(23)15-7-5-4-6-14(15)16/h4-8,10,13H,9H2,1-3H3,(H,19,24)(H,20,23). The van der Waals surface area contributed by atoms with Gasteiger partial charge in [0.25, 0.3) is 11.5 Å². The van der Waals surface area contributed by atoms with Crippen molar-refractivity contribution < 1.29 is 4.79 Å². The molecule has 124 valence electrons. The number of hydrogen-bond donors (Lipinski definition) is 2. The number of hydrogen-bond acceptors (Lipinski definition) is 3. The summed E-state index contributed by atoms with van der Waals surface area (Å²) < 4.78 is 1.90. The maximum absolute atomic E-state index is 12.5. The highest BCUT2D eigenvalue weighted by atomic mass is 16.1. The second-order valence-corrected chi connectivity index (χ2v) is 6.01. The lowest BCUT2D eigenvalue weighted by Gasteiger charge is -2.15. The fourth-order valence-corrected chi connectivity index (χ4v) is 2.91. The first kappa shape index (κ1) is 16.0. The van der Waals surface area contributed by atoms with E-state index in [0.29, 0.717) is 22.9 Å². The summed E-state index contributed by atoms with van der Waals surface area (Å²) in [5.41, 5.74) is 2.28. The number of rotatable bonds is 4. The Kier molecular flexibility index (Phi) is 4.20. The highest BCUT2D eigenvalue weighted by Gasteiger charge is 2.14. The number of H-pyrrole nitrogens is 1. The van der Waals surface area contributed by atoms with E-state index in [0.717, 1.165) is 11.4 Å². The molecule has 1 unspecified atom stereocenters. The Balaban J connectivity index is 1.80. The average molecular weight is 324 g/mol. The van der Waals surface area contributed by atoms with Crippen LogP contribution in [0.4, 0.5) is 0 Å². The fourth-order valence-electron chi connectivity index (χ4n) is 2.91. The zero-order valence-electron chi connectivity index (χ0n) is 14.0. The topological polar surface area (TPSA) is 79.8 Å². The molecule has 0 bridgehead atoms. The van der Waals surface area contributed by atoms with Gasteiger partial charge in [-0.15, -0.1) is 0 Å². The zero-order chi connectivity index (χ0) is 17.3. The second-order valence-electron chi connectivity index (χ2n) is 6.01. The zero-order valence-corrected chi connectivity index (χ0v) is 14.0. The molecular weight excluding hydrogens is 304 g/mol. The van der Waals surface area contributed by atoms with Crippen LogP contribution in [0.5, 0.6) is 0 Å². The van der Waals surface area contributed by atoms with Gasteiger partial charge in [0, 0.05) is 29.2 Å². The lowest BCUT2D eigenvalue weighted by atomic mass is 10.1. The van der Waals surface area contributed by atoms with E-state index in [4.69, 9.17) is 0 Å². The minimum absolute atomic E-state index is 0.0386. The summed E-state index contributed by atoms with van der Waals surface area (Å²) in [6.07, 6.45) is 1.47. The number of pyridine rings is 1. The number of aryl methyl sites for hydroxylation is 2. The Hall–Kier alpha value is -2.89. The van der Waals surface area contributed by atoms with Gasteiger partial charge >= 0.3 is 0 Å². The maximum Gasteiger partial charge on any atom is 0.255 e. The van der Waals surface area contributed by atoms with Gasteiger partial charge in [0.2, 0.25) is 0 Å². The Morgan fingerprint density at radius 1 is 1.29 bits per heavy atom. The lowest BCUT2D eigenvalue weighted by Crippen LogP contribution is -2.31. The van der Waals surface area contributed by atoms with E-state index >= 15 is 0 Å². The smallest absolute Gasteiger partial charge is 0.255 e. The molecule has 0 fully saturated rings. The van der Waals surface area contributed by atoms with Crippen molar-refractivity contribution >= 4 is 16.7 Å². The number of nitrogens with one attached hydrogen (secondary N) is 2. The van der Waals surface area contributed by atoms with Crippen LogP contribution in [-0.2, 0) is 0 Å². The van der Waals surface area contributed by atoms with Gasteiger partial charge in [-0.1, -0.05) is 18.2 Å². The van der Waals surface area contributed by atoms with Crippen LogP contribution < -0.4 is 10.9 Å². The van der Waals surface area contributed by atoms with Gasteiger partial charge < -0.3 is 10.3 Å². The molecule has 0 aliphatic heterocycles. The van der Waals surface area contributed by atoms with Crippen molar-refractivity contribution in [3.63, 3.8) is 0 Å². The van der Waals surface area contributed by atoms with Crippen LogP contribution in [-0.4, -0.2) is 27.2 Å². The molecule has 1 aromatic carbocycles. The predicted molar refractivity (Wildman–Crippen MR) is 93.3 cm³/mol. The summed E-state index contributed by atoms with van der Waals surface area (Å²) in [7, 11) is 0. The predicted octanol–water partition coefficient (Wildman–Crippen LogP) is 2.33. The third-order valence-electron chi connectivity index (χ3n) is 4.07. The van der Waals surface area contributed by atoms with Crippen LogP contribution in [0.1, 0.15) is 34.7 Å². The SMILES string of the molecule is Cc1cc(C)n(C(C)CNC(=O)c2c[nH]c(=O)c3ccccc23)n1. The number of benzene rings is 1. The summed E-state index contributed by atoms with van der Waals surface area (Å²) >= 11 is 0. The van der Waals surface area contributed by atoms with E-state index in [1.807, 2.05) is 37.6 Å². The third kappa shape index (κ3) is 2.95. The van der Waals surface area contributed by atoms with Gasteiger partial charge in [-0.3, -0.25) is 14.3 Å². The number of nitrogens with zero attached hydrogens (tertiary/aromatic N) is 2. The molecule has 1 atom stereocenters. The van der Waals surface area contributed by atoms with Crippen LogP contribution in [0, 0.1) is 13.8 Å². The first-order chi connectivity index (χ1) is 11.5. The Labute approximate surface area is 139 Å². The van der Waals surface area contributed by atoms with Crippen molar-refractivity contribution in [2.75, 3.05) is 6.54 Å². The minimum atomic E-state index is -0.212. The number of fused-ring (bicyclic) bond motifs is 1. The van der Waals surface area contributed by atoms with Crippen molar-refractivity contribution in [3.05, 3.63) is 63.8 Å². The summed E-state index contributed by atoms with van der Waals surface area (Å²) in [4.78, 5) is 27.0. The van der Waals surface area contributed by atoms with Gasteiger partial charge in [0.15, 0.2) is 0 Å². The van der Waals surface area contributed by atoms with Gasteiger partial charge in [-0.25, -0.2) is 0 Å².